The van der Waals surface area contributed by atoms with Gasteiger partial charge in [-0.1, -0.05) is 0 Å². The first kappa shape index (κ1) is 15.1. The number of aryl methyl sites for hydroxylation is 1. The molecule has 0 radical (unpaired) electrons. The zero-order valence-electron chi connectivity index (χ0n) is 11.9. The van der Waals surface area contributed by atoms with Crippen molar-refractivity contribution >= 4 is 27.7 Å². The molecule has 0 saturated heterocycles. The van der Waals surface area contributed by atoms with Crippen LogP contribution >= 0.6 is 11.3 Å². The van der Waals surface area contributed by atoms with E-state index in [9.17, 15) is 19.3 Å². The Kier molecular flexibility index (Phi) is 3.78. The van der Waals surface area contributed by atoms with Gasteiger partial charge in [0, 0.05) is 28.9 Å². The first-order valence-corrected chi connectivity index (χ1v) is 7.48. The molecule has 118 valence electrons. The van der Waals surface area contributed by atoms with E-state index in [1.54, 1.807) is 0 Å². The number of benzene rings is 1. The number of rotatable bonds is 4. The lowest BCUT2D eigenvalue weighted by molar-refractivity contribution is -0.387. The molecule has 1 aromatic carbocycles. The Hall–Kier alpha value is -2.81. The molecule has 0 fully saturated rings. The Balaban J connectivity index is 1.85. The molecule has 0 unspecified atom stereocenters. The van der Waals surface area contributed by atoms with E-state index in [1.807, 2.05) is 12.3 Å². The van der Waals surface area contributed by atoms with E-state index >= 15 is 0 Å². The molecule has 0 atom stereocenters. The SMILES string of the molecule is Cc1csc2nc(CNc3ccc(F)c([N+](=O)[O-])c3)cc(=O)n12. The van der Waals surface area contributed by atoms with Gasteiger partial charge in [0.2, 0.25) is 5.82 Å². The number of nitrogens with one attached hydrogen (secondary N) is 1. The monoisotopic (exact) mass is 334 g/mol. The first-order valence-electron chi connectivity index (χ1n) is 6.60. The maximum absolute atomic E-state index is 13.3. The molecule has 0 spiro atoms. The minimum Gasteiger partial charge on any atom is -0.379 e. The number of thiazole rings is 1. The van der Waals surface area contributed by atoms with Crippen LogP contribution in [-0.2, 0) is 6.54 Å². The largest absolute Gasteiger partial charge is 0.379 e. The van der Waals surface area contributed by atoms with E-state index in [4.69, 9.17) is 0 Å². The highest BCUT2D eigenvalue weighted by atomic mass is 32.1. The third kappa shape index (κ3) is 2.90. The fourth-order valence-corrected chi connectivity index (χ4v) is 3.04. The minimum absolute atomic E-state index is 0.185. The van der Waals surface area contributed by atoms with Crippen molar-refractivity contribution in [1.29, 1.82) is 0 Å². The van der Waals surface area contributed by atoms with Gasteiger partial charge in [0.15, 0.2) is 4.96 Å². The van der Waals surface area contributed by atoms with Crippen LogP contribution in [-0.4, -0.2) is 14.3 Å². The number of nitrogens with zero attached hydrogens (tertiary/aromatic N) is 3. The molecule has 0 bridgehead atoms. The number of halogens is 1. The second-order valence-electron chi connectivity index (χ2n) is 4.86. The number of hydrogen-bond acceptors (Lipinski definition) is 6. The van der Waals surface area contributed by atoms with Crippen molar-refractivity contribution in [2.45, 2.75) is 13.5 Å². The molecule has 2 heterocycles. The average Bonchev–Trinajstić information content (AvgIpc) is 2.88. The van der Waals surface area contributed by atoms with Crippen LogP contribution in [0.4, 0.5) is 15.8 Å². The summed E-state index contributed by atoms with van der Waals surface area (Å²) >= 11 is 1.36. The number of nitro groups is 1. The van der Waals surface area contributed by atoms with Crippen LogP contribution in [0.2, 0.25) is 0 Å². The van der Waals surface area contributed by atoms with Gasteiger partial charge in [-0.05, 0) is 19.1 Å². The van der Waals surface area contributed by atoms with Crippen molar-refractivity contribution in [2.75, 3.05) is 5.32 Å². The Morgan fingerprint density at radius 3 is 2.96 bits per heavy atom. The molecule has 9 heteroatoms. The van der Waals surface area contributed by atoms with E-state index in [2.05, 4.69) is 10.3 Å². The van der Waals surface area contributed by atoms with Gasteiger partial charge in [0.1, 0.15) is 0 Å². The molecule has 0 amide bonds. The van der Waals surface area contributed by atoms with Crippen LogP contribution in [0, 0.1) is 22.9 Å². The van der Waals surface area contributed by atoms with Crippen LogP contribution in [0.5, 0.6) is 0 Å². The third-order valence-electron chi connectivity index (χ3n) is 3.25. The van der Waals surface area contributed by atoms with Crippen molar-refractivity contribution in [3.05, 3.63) is 67.3 Å². The standard InChI is InChI=1S/C14H11FN4O3S/c1-8-7-23-14-17-10(5-13(20)18(8)14)6-16-9-2-3-11(15)12(4-9)19(21)22/h2-5,7,16H,6H2,1H3. The fourth-order valence-electron chi connectivity index (χ4n) is 2.15. The summed E-state index contributed by atoms with van der Waals surface area (Å²) in [6.07, 6.45) is 0. The van der Waals surface area contributed by atoms with Gasteiger partial charge < -0.3 is 5.32 Å². The molecule has 23 heavy (non-hydrogen) atoms. The average molecular weight is 334 g/mol. The Bertz CT molecular complexity index is 966. The van der Waals surface area contributed by atoms with Crippen LogP contribution in [0.25, 0.3) is 4.96 Å². The van der Waals surface area contributed by atoms with Gasteiger partial charge in [-0.25, -0.2) is 4.98 Å². The maximum Gasteiger partial charge on any atom is 0.306 e. The van der Waals surface area contributed by atoms with E-state index < -0.39 is 16.4 Å². The van der Waals surface area contributed by atoms with E-state index in [1.165, 1.54) is 27.9 Å². The summed E-state index contributed by atoms with van der Waals surface area (Å²) in [6.45, 7) is 2.02. The van der Waals surface area contributed by atoms with Gasteiger partial charge in [-0.15, -0.1) is 11.3 Å². The van der Waals surface area contributed by atoms with Crippen LogP contribution in [0.15, 0.2) is 34.4 Å². The van der Waals surface area contributed by atoms with Crippen molar-refractivity contribution in [3.63, 3.8) is 0 Å². The van der Waals surface area contributed by atoms with Gasteiger partial charge >= 0.3 is 5.69 Å². The van der Waals surface area contributed by atoms with Gasteiger partial charge in [0.05, 0.1) is 17.2 Å². The summed E-state index contributed by atoms with van der Waals surface area (Å²) in [5, 5.41) is 15.5. The predicted octanol–water partition coefficient (Wildman–Crippen LogP) is 2.72. The second-order valence-corrected chi connectivity index (χ2v) is 5.69. The zero-order chi connectivity index (χ0) is 16.6. The smallest absolute Gasteiger partial charge is 0.306 e. The van der Waals surface area contributed by atoms with Gasteiger partial charge in [-0.3, -0.25) is 19.3 Å². The molecule has 1 N–H and O–H groups in total. The summed E-state index contributed by atoms with van der Waals surface area (Å²) in [6, 6.07) is 4.92. The molecule has 0 saturated carbocycles. The molecule has 0 aliphatic carbocycles. The molecular weight excluding hydrogens is 323 g/mol. The van der Waals surface area contributed by atoms with Gasteiger partial charge in [-0.2, -0.15) is 4.39 Å². The molecular formula is C14H11FN4O3S. The first-order chi connectivity index (χ1) is 11.0. The summed E-state index contributed by atoms with van der Waals surface area (Å²) in [5.74, 6) is -0.896. The summed E-state index contributed by atoms with van der Waals surface area (Å²) < 4.78 is 14.8. The lowest BCUT2D eigenvalue weighted by atomic mass is 10.2. The van der Waals surface area contributed by atoms with Crippen molar-refractivity contribution < 1.29 is 9.31 Å². The summed E-state index contributed by atoms with van der Waals surface area (Å²) in [7, 11) is 0. The number of anilines is 1. The predicted molar refractivity (Wildman–Crippen MR) is 84.5 cm³/mol. The molecule has 3 rings (SSSR count). The van der Waals surface area contributed by atoms with Gasteiger partial charge in [0.25, 0.3) is 5.56 Å². The maximum atomic E-state index is 13.3. The van der Waals surface area contributed by atoms with E-state index in [-0.39, 0.29) is 12.1 Å². The van der Waals surface area contributed by atoms with Crippen molar-refractivity contribution in [1.82, 2.24) is 9.38 Å². The topological polar surface area (TPSA) is 89.5 Å². The molecule has 0 aliphatic heterocycles. The zero-order valence-corrected chi connectivity index (χ0v) is 12.8. The van der Waals surface area contributed by atoms with Crippen LogP contribution < -0.4 is 10.9 Å². The fraction of sp³-hybridized carbons (Fsp3) is 0.143. The highest BCUT2D eigenvalue weighted by molar-refractivity contribution is 7.15. The number of hydrogen-bond donors (Lipinski definition) is 1. The quantitative estimate of drug-likeness (QED) is 0.585. The summed E-state index contributed by atoms with van der Waals surface area (Å²) in [4.78, 5) is 26.9. The molecule has 7 nitrogen and oxygen atoms in total. The third-order valence-corrected chi connectivity index (χ3v) is 4.19. The normalized spacial score (nSPS) is 10.9. The van der Waals surface area contributed by atoms with Crippen LogP contribution in [0.3, 0.4) is 0 Å². The highest BCUT2D eigenvalue weighted by Crippen LogP contribution is 2.22. The number of fused-ring (bicyclic) bond motifs is 1. The second kappa shape index (κ2) is 5.76. The van der Waals surface area contributed by atoms with Crippen molar-refractivity contribution in [3.8, 4) is 0 Å². The number of nitro benzene ring substituents is 1. The molecule has 2 aromatic heterocycles. The van der Waals surface area contributed by atoms with E-state index in [0.717, 1.165) is 17.8 Å². The van der Waals surface area contributed by atoms with E-state index in [0.29, 0.717) is 16.3 Å². The Labute approximate surface area is 133 Å². The lowest BCUT2D eigenvalue weighted by Gasteiger charge is -2.06. The molecule has 0 aliphatic rings. The minimum atomic E-state index is -0.896. The number of aromatic nitrogens is 2. The Morgan fingerprint density at radius 2 is 2.22 bits per heavy atom. The lowest BCUT2D eigenvalue weighted by Crippen LogP contribution is -2.16. The Morgan fingerprint density at radius 1 is 1.43 bits per heavy atom. The summed E-state index contributed by atoms with van der Waals surface area (Å²) in [5.41, 5.74) is 0.908. The molecule has 3 aromatic rings. The highest BCUT2D eigenvalue weighted by Gasteiger charge is 2.14. The van der Waals surface area contributed by atoms with Crippen LogP contribution in [0.1, 0.15) is 11.4 Å². The van der Waals surface area contributed by atoms with Crippen molar-refractivity contribution in [2.24, 2.45) is 0 Å².